The summed E-state index contributed by atoms with van der Waals surface area (Å²) in [5.74, 6) is -10.9. The van der Waals surface area contributed by atoms with Crippen LogP contribution in [0.15, 0.2) is 73.2 Å². The Morgan fingerprint density at radius 3 is 2.06 bits per heavy atom. The molecule has 13 atom stereocenters. The zero-order chi connectivity index (χ0) is 46.5. The summed E-state index contributed by atoms with van der Waals surface area (Å²) in [5.41, 5.74) is -10.6. The number of aliphatic hydroxyl groups excluding tert-OH is 1. The van der Waals surface area contributed by atoms with Crippen LogP contribution in [0.3, 0.4) is 0 Å². The number of fused-ring (bicyclic) bond motifs is 5. The zero-order valence-corrected chi connectivity index (χ0v) is 36.0. The van der Waals surface area contributed by atoms with E-state index in [0.29, 0.717) is 0 Å². The van der Waals surface area contributed by atoms with Crippen LogP contribution in [0.25, 0.3) is 0 Å². The molecule has 13 unspecified atom stereocenters. The molecule has 64 heavy (non-hydrogen) atoms. The first kappa shape index (κ1) is 45.7. The summed E-state index contributed by atoms with van der Waals surface area (Å²) in [7, 11) is 0. The monoisotopic (exact) mass is 888 g/mol. The molecule has 2 aliphatic heterocycles. The van der Waals surface area contributed by atoms with Crippen LogP contribution < -0.4 is 0 Å². The zero-order valence-electron chi connectivity index (χ0n) is 36.0. The van der Waals surface area contributed by atoms with Gasteiger partial charge in [-0.2, -0.15) is 0 Å². The van der Waals surface area contributed by atoms with Crippen molar-refractivity contribution in [1.29, 1.82) is 0 Å². The number of hydrogen-bond donors (Lipinski definition) is 2. The SMILES string of the molecule is CC(=O)OCC12C(OC(=O)c3cccnc3)C(O)C3OC(=O)C(C)C(C)c4ncccc4C(=O)OCC4(C)OC1(C(OC(=O)c1ccccc1)C4C(OC(C)=O)C2OC(C)=O)C3(C)O. The average molecular weight is 889 g/mol. The molecule has 1 aromatic carbocycles. The van der Waals surface area contributed by atoms with Gasteiger partial charge in [0.15, 0.2) is 17.8 Å². The molecule has 1 spiro atoms. The highest BCUT2D eigenvalue weighted by atomic mass is 16.7. The summed E-state index contributed by atoms with van der Waals surface area (Å²) in [6.07, 6.45) is -8.80. The van der Waals surface area contributed by atoms with Gasteiger partial charge in [-0.3, -0.25) is 29.1 Å². The van der Waals surface area contributed by atoms with Gasteiger partial charge >= 0.3 is 41.8 Å². The number of benzene rings is 1. The molecule has 0 amide bonds. The molecule has 2 aliphatic carbocycles. The minimum atomic E-state index is -2.89. The number of hydrogen-bond acceptors (Lipinski definition) is 19. The Kier molecular flexibility index (Phi) is 12.1. The van der Waals surface area contributed by atoms with Crippen molar-refractivity contribution in [2.45, 2.75) is 108 Å². The lowest BCUT2D eigenvalue weighted by molar-refractivity contribution is -0.384. The summed E-state index contributed by atoms with van der Waals surface area (Å²) >= 11 is 0. The van der Waals surface area contributed by atoms with Crippen molar-refractivity contribution in [3.63, 3.8) is 0 Å². The van der Waals surface area contributed by atoms with Crippen LogP contribution in [-0.2, 0) is 57.1 Å². The van der Waals surface area contributed by atoms with Gasteiger partial charge in [0.05, 0.1) is 34.2 Å². The number of pyridine rings is 2. The van der Waals surface area contributed by atoms with E-state index in [1.165, 1.54) is 62.6 Å². The van der Waals surface area contributed by atoms with E-state index in [1.54, 1.807) is 25.1 Å². The van der Waals surface area contributed by atoms with Crippen LogP contribution in [0.4, 0.5) is 0 Å². The second-order valence-corrected chi connectivity index (χ2v) is 16.9. The molecule has 0 radical (unpaired) electrons. The molecule has 2 aromatic heterocycles. The Hall–Kier alpha value is -6.31. The molecule has 7 rings (SSSR count). The van der Waals surface area contributed by atoms with E-state index in [2.05, 4.69) is 9.97 Å². The van der Waals surface area contributed by atoms with E-state index in [9.17, 15) is 43.8 Å². The molecule has 2 N–H and O–H groups in total. The number of carbonyl (C=O) groups is 7. The molecule has 4 bridgehead atoms. The van der Waals surface area contributed by atoms with Gasteiger partial charge in [-0.1, -0.05) is 32.0 Å². The summed E-state index contributed by atoms with van der Waals surface area (Å²) < 4.78 is 49.7. The van der Waals surface area contributed by atoms with Crippen molar-refractivity contribution in [2.24, 2.45) is 17.3 Å². The van der Waals surface area contributed by atoms with Crippen LogP contribution in [0, 0.1) is 17.3 Å². The molecule has 4 heterocycles. The van der Waals surface area contributed by atoms with Crippen molar-refractivity contribution in [3.05, 3.63) is 95.6 Å². The van der Waals surface area contributed by atoms with E-state index in [0.717, 1.165) is 33.9 Å². The van der Waals surface area contributed by atoms with Gasteiger partial charge in [0, 0.05) is 45.3 Å². The van der Waals surface area contributed by atoms with Crippen molar-refractivity contribution >= 4 is 41.8 Å². The van der Waals surface area contributed by atoms with Gasteiger partial charge < -0.3 is 48.1 Å². The van der Waals surface area contributed by atoms with Crippen molar-refractivity contribution in [1.82, 2.24) is 9.97 Å². The van der Waals surface area contributed by atoms with Crippen LogP contribution in [0.1, 0.15) is 91.2 Å². The van der Waals surface area contributed by atoms with E-state index in [1.807, 2.05) is 0 Å². The maximum absolute atomic E-state index is 14.5. The number of aromatic nitrogens is 2. The Morgan fingerprint density at radius 1 is 0.781 bits per heavy atom. The summed E-state index contributed by atoms with van der Waals surface area (Å²) in [6, 6.07) is 13.2. The minimum Gasteiger partial charge on any atom is -0.465 e. The molecule has 3 aromatic rings. The lowest BCUT2D eigenvalue weighted by Gasteiger charge is -2.67. The van der Waals surface area contributed by atoms with Gasteiger partial charge in [0.25, 0.3) is 0 Å². The number of esters is 7. The lowest BCUT2D eigenvalue weighted by atomic mass is 9.45. The number of nitrogens with zero attached hydrogens (tertiary/aromatic N) is 2. The van der Waals surface area contributed by atoms with E-state index >= 15 is 0 Å². The molecule has 19 heteroatoms. The van der Waals surface area contributed by atoms with Crippen molar-refractivity contribution < 1.29 is 81.7 Å². The van der Waals surface area contributed by atoms with Crippen molar-refractivity contribution in [3.8, 4) is 0 Å². The maximum atomic E-state index is 14.5. The van der Waals surface area contributed by atoms with Crippen LogP contribution in [0.5, 0.6) is 0 Å². The van der Waals surface area contributed by atoms with Crippen LogP contribution in [-0.4, -0.2) is 129 Å². The van der Waals surface area contributed by atoms with E-state index < -0.39 is 132 Å². The van der Waals surface area contributed by atoms with Gasteiger partial charge in [-0.15, -0.1) is 0 Å². The minimum absolute atomic E-state index is 0.0287. The number of cyclic esters (lactones) is 1. The predicted octanol–water partition coefficient (Wildman–Crippen LogP) is 2.45. The Morgan fingerprint density at radius 2 is 1.42 bits per heavy atom. The first-order chi connectivity index (χ1) is 30.2. The van der Waals surface area contributed by atoms with Crippen molar-refractivity contribution in [2.75, 3.05) is 13.2 Å². The molecule has 19 nitrogen and oxygen atoms in total. The van der Waals surface area contributed by atoms with Crippen LogP contribution in [0.2, 0.25) is 0 Å². The average Bonchev–Trinajstić information content (AvgIpc) is 3.49. The molecule has 4 aliphatic rings. The first-order valence-corrected chi connectivity index (χ1v) is 20.5. The molecule has 2 saturated carbocycles. The van der Waals surface area contributed by atoms with Crippen LogP contribution >= 0.6 is 0 Å². The smallest absolute Gasteiger partial charge is 0.340 e. The second kappa shape index (κ2) is 17.0. The van der Waals surface area contributed by atoms with Gasteiger partial charge in [0.2, 0.25) is 0 Å². The molecular weight excluding hydrogens is 840 g/mol. The van der Waals surface area contributed by atoms with Gasteiger partial charge in [-0.25, -0.2) is 14.4 Å². The highest BCUT2D eigenvalue weighted by Crippen LogP contribution is 2.70. The highest BCUT2D eigenvalue weighted by molar-refractivity contribution is 5.92. The Bertz CT molecular complexity index is 2340. The number of rotatable bonds is 8. The third-order valence-corrected chi connectivity index (χ3v) is 12.9. The summed E-state index contributed by atoms with van der Waals surface area (Å²) in [6.45, 7) is 6.68. The van der Waals surface area contributed by atoms with Gasteiger partial charge in [-0.05, 0) is 50.2 Å². The molecular formula is C45H48N2O17. The fraction of sp³-hybridized carbons (Fsp3) is 0.489. The van der Waals surface area contributed by atoms with E-state index in [4.69, 9.17) is 37.9 Å². The number of carbonyl (C=O) groups excluding carboxylic acids is 7. The molecule has 3 fully saturated rings. The van der Waals surface area contributed by atoms with E-state index in [-0.39, 0.29) is 22.4 Å². The lowest BCUT2D eigenvalue weighted by Crippen LogP contribution is -2.89. The first-order valence-electron chi connectivity index (χ1n) is 20.5. The fourth-order valence-corrected chi connectivity index (χ4v) is 10.0. The normalized spacial score (nSPS) is 35.3. The predicted molar refractivity (Wildman–Crippen MR) is 214 cm³/mol. The third-order valence-electron chi connectivity index (χ3n) is 12.9. The topological polar surface area (TPSA) is 260 Å². The molecule has 340 valence electrons. The highest BCUT2D eigenvalue weighted by Gasteiger charge is 2.91. The summed E-state index contributed by atoms with van der Waals surface area (Å²) in [4.78, 5) is 106. The Balaban J connectivity index is 1.61. The Labute approximate surface area is 366 Å². The third kappa shape index (κ3) is 7.34. The maximum Gasteiger partial charge on any atom is 0.340 e. The largest absolute Gasteiger partial charge is 0.465 e. The standard InChI is InChI=1S/C45H48N2O17/c1-22-23(2)38(52)62-35-32(51)36(63-40(54)28-15-11-17-46-19-28)44(21-57-24(3)48)37(60-26(5)50)33(59-25(4)49)30-34(61-39(53)27-13-9-8-10-14-27)45(44,43(35,7)56)64-42(30,6)20-58-41(55)29-16-12-18-47-31(22)29/h8-19,22-23,30,32-37,51,56H,20-21H2,1-7H3. The second-order valence-electron chi connectivity index (χ2n) is 16.9. The molecule has 1 saturated heterocycles. The summed E-state index contributed by atoms with van der Waals surface area (Å²) in [5, 5.41) is 26.4. The van der Waals surface area contributed by atoms with Gasteiger partial charge in [0.1, 0.15) is 54.2 Å². The number of aliphatic hydroxyl groups is 2. The number of ether oxygens (including phenoxy) is 8. The fourth-order valence-electron chi connectivity index (χ4n) is 10.0. The quantitative estimate of drug-likeness (QED) is 0.243.